The highest BCUT2D eigenvalue weighted by Gasteiger charge is 2.27. The van der Waals surface area contributed by atoms with E-state index in [4.69, 9.17) is 9.47 Å². The van der Waals surface area contributed by atoms with Crippen molar-refractivity contribution in [3.63, 3.8) is 0 Å². The number of para-hydroxylation sites is 2. The normalized spacial score (nSPS) is 15.4. The molecule has 2 aromatic rings. The average molecular weight is 419 g/mol. The van der Waals surface area contributed by atoms with E-state index in [0.717, 1.165) is 5.56 Å². The van der Waals surface area contributed by atoms with Crippen LogP contribution in [0.25, 0.3) is 0 Å². The summed E-state index contributed by atoms with van der Waals surface area (Å²) in [6.07, 6.45) is -1.07. The van der Waals surface area contributed by atoms with Crippen LogP contribution in [0.15, 0.2) is 53.4 Å². The van der Waals surface area contributed by atoms with E-state index >= 15 is 0 Å². The third-order valence-electron chi connectivity index (χ3n) is 4.10. The van der Waals surface area contributed by atoms with Gasteiger partial charge in [0.2, 0.25) is 22.0 Å². The Morgan fingerprint density at radius 2 is 1.72 bits per heavy atom. The molecule has 0 saturated heterocycles. The van der Waals surface area contributed by atoms with Gasteiger partial charge in [-0.1, -0.05) is 29.8 Å². The first-order chi connectivity index (χ1) is 13.8. The molecule has 1 aliphatic rings. The highest BCUT2D eigenvalue weighted by atomic mass is 32.2. The molecule has 3 rings (SSSR count). The van der Waals surface area contributed by atoms with Crippen LogP contribution < -0.4 is 25.0 Å². The summed E-state index contributed by atoms with van der Waals surface area (Å²) in [6, 6.07) is 13.3. The molecule has 0 bridgehead atoms. The van der Waals surface area contributed by atoms with Crippen LogP contribution in [0.2, 0.25) is 0 Å². The van der Waals surface area contributed by atoms with Gasteiger partial charge >= 0.3 is 0 Å². The number of hydrazine groups is 1. The second-order valence-corrected chi connectivity index (χ2v) is 8.13. The molecule has 0 radical (unpaired) electrons. The van der Waals surface area contributed by atoms with Crippen molar-refractivity contribution in [2.24, 2.45) is 0 Å². The zero-order chi connectivity index (χ0) is 20.9. The van der Waals surface area contributed by atoms with E-state index < -0.39 is 27.9 Å². The van der Waals surface area contributed by atoms with E-state index in [1.54, 1.807) is 36.4 Å². The number of benzene rings is 2. The van der Waals surface area contributed by atoms with Crippen LogP contribution >= 0.6 is 0 Å². The Morgan fingerprint density at radius 3 is 2.45 bits per heavy atom. The Kier molecular flexibility index (Phi) is 6.35. The summed E-state index contributed by atoms with van der Waals surface area (Å²) in [5.74, 6) is -0.146. The van der Waals surface area contributed by atoms with Crippen molar-refractivity contribution in [1.29, 1.82) is 0 Å². The molecule has 1 atom stereocenters. The standard InChI is InChI=1S/C19H21N3O6S/c1-13-6-8-14(9-7-13)29(25,26)20-11-10-18(23)21-22-19(24)17-12-27-15-4-2-3-5-16(15)28-17/h2-9,17,20H,10-12H2,1H3,(H,21,23)(H,22,24)/t17-/m1/s1. The number of hydrogen-bond donors (Lipinski definition) is 3. The zero-order valence-electron chi connectivity index (χ0n) is 15.7. The molecular weight excluding hydrogens is 398 g/mol. The highest BCUT2D eigenvalue weighted by molar-refractivity contribution is 7.89. The smallest absolute Gasteiger partial charge is 0.283 e. The molecule has 10 heteroatoms. The molecule has 9 nitrogen and oxygen atoms in total. The minimum atomic E-state index is -3.70. The van der Waals surface area contributed by atoms with Gasteiger partial charge in [0.05, 0.1) is 4.90 Å². The fraction of sp³-hybridized carbons (Fsp3) is 0.263. The van der Waals surface area contributed by atoms with Crippen molar-refractivity contribution >= 4 is 21.8 Å². The molecule has 0 unspecified atom stereocenters. The number of sulfonamides is 1. The first-order valence-corrected chi connectivity index (χ1v) is 10.4. The summed E-state index contributed by atoms with van der Waals surface area (Å²) in [6.45, 7) is 1.75. The average Bonchev–Trinajstić information content (AvgIpc) is 2.72. The van der Waals surface area contributed by atoms with E-state index in [1.807, 2.05) is 6.92 Å². The summed E-state index contributed by atoms with van der Waals surface area (Å²) < 4.78 is 37.6. The monoisotopic (exact) mass is 419 g/mol. The number of rotatable bonds is 6. The van der Waals surface area contributed by atoms with Gasteiger partial charge in [0.15, 0.2) is 11.5 Å². The van der Waals surface area contributed by atoms with E-state index in [9.17, 15) is 18.0 Å². The maximum absolute atomic E-state index is 12.2. The summed E-state index contributed by atoms with van der Waals surface area (Å²) >= 11 is 0. The molecule has 0 aliphatic carbocycles. The second kappa shape index (κ2) is 8.93. The second-order valence-electron chi connectivity index (χ2n) is 6.36. The molecule has 29 heavy (non-hydrogen) atoms. The van der Waals surface area contributed by atoms with Crippen LogP contribution in [0.4, 0.5) is 0 Å². The van der Waals surface area contributed by atoms with Gasteiger partial charge in [-0.2, -0.15) is 0 Å². The third kappa shape index (κ3) is 5.46. The van der Waals surface area contributed by atoms with Gasteiger partial charge in [-0.05, 0) is 31.2 Å². The molecule has 0 saturated carbocycles. The van der Waals surface area contributed by atoms with Gasteiger partial charge in [-0.15, -0.1) is 0 Å². The Morgan fingerprint density at radius 1 is 1.03 bits per heavy atom. The third-order valence-corrected chi connectivity index (χ3v) is 5.58. The molecule has 3 N–H and O–H groups in total. The number of nitrogens with one attached hydrogen (secondary N) is 3. The number of carbonyl (C=O) groups excluding carboxylic acids is 2. The van der Waals surface area contributed by atoms with Crippen LogP contribution in [0, 0.1) is 6.92 Å². The lowest BCUT2D eigenvalue weighted by Crippen LogP contribution is -2.51. The largest absolute Gasteiger partial charge is 0.485 e. The number of ether oxygens (including phenoxy) is 2. The minimum absolute atomic E-state index is 0.00899. The van der Waals surface area contributed by atoms with Crippen molar-refractivity contribution < 1.29 is 27.5 Å². The van der Waals surface area contributed by atoms with Crippen LogP contribution in [0.3, 0.4) is 0 Å². The highest BCUT2D eigenvalue weighted by Crippen LogP contribution is 2.30. The predicted molar refractivity (Wildman–Crippen MR) is 104 cm³/mol. The first-order valence-electron chi connectivity index (χ1n) is 8.89. The maximum atomic E-state index is 12.2. The lowest BCUT2D eigenvalue weighted by molar-refractivity contribution is -0.135. The zero-order valence-corrected chi connectivity index (χ0v) is 16.5. The Balaban J connectivity index is 1.41. The van der Waals surface area contributed by atoms with E-state index in [2.05, 4.69) is 15.6 Å². The summed E-state index contributed by atoms with van der Waals surface area (Å²) in [5.41, 5.74) is 5.42. The Bertz CT molecular complexity index is 991. The molecule has 0 spiro atoms. The number of hydrogen-bond acceptors (Lipinski definition) is 6. The van der Waals surface area contributed by atoms with Crippen LogP contribution in [-0.2, 0) is 19.6 Å². The van der Waals surface area contributed by atoms with Gasteiger partial charge in [-0.3, -0.25) is 20.4 Å². The molecule has 2 amide bonds. The molecule has 154 valence electrons. The molecule has 1 aliphatic heterocycles. The van der Waals surface area contributed by atoms with Gasteiger partial charge in [0.1, 0.15) is 6.61 Å². The van der Waals surface area contributed by atoms with E-state index in [-0.39, 0.29) is 24.5 Å². The number of amides is 2. The van der Waals surface area contributed by atoms with Crippen molar-refractivity contribution in [3.05, 3.63) is 54.1 Å². The van der Waals surface area contributed by atoms with Gasteiger partial charge in [0.25, 0.3) is 5.91 Å². The lowest BCUT2D eigenvalue weighted by atomic mass is 10.2. The van der Waals surface area contributed by atoms with Gasteiger partial charge in [-0.25, -0.2) is 13.1 Å². The predicted octanol–water partition coefficient (Wildman–Crippen LogP) is 0.651. The Hall–Kier alpha value is -3.11. The molecular formula is C19H21N3O6S. The summed E-state index contributed by atoms with van der Waals surface area (Å²) in [4.78, 5) is 24.1. The molecule has 2 aromatic carbocycles. The van der Waals surface area contributed by atoms with Crippen molar-refractivity contribution in [2.75, 3.05) is 13.2 Å². The van der Waals surface area contributed by atoms with Crippen LogP contribution in [0.1, 0.15) is 12.0 Å². The minimum Gasteiger partial charge on any atom is -0.485 e. The van der Waals surface area contributed by atoms with E-state index in [0.29, 0.717) is 11.5 Å². The lowest BCUT2D eigenvalue weighted by Gasteiger charge is -2.25. The summed E-state index contributed by atoms with van der Waals surface area (Å²) in [7, 11) is -3.70. The fourth-order valence-electron chi connectivity index (χ4n) is 2.52. The van der Waals surface area contributed by atoms with Crippen molar-refractivity contribution in [3.8, 4) is 11.5 Å². The molecule has 0 fully saturated rings. The van der Waals surface area contributed by atoms with Crippen molar-refractivity contribution in [2.45, 2.75) is 24.3 Å². The molecule has 0 aromatic heterocycles. The number of fused-ring (bicyclic) bond motifs is 1. The fourth-order valence-corrected chi connectivity index (χ4v) is 3.55. The number of carbonyl (C=O) groups is 2. The number of aryl methyl sites for hydroxylation is 1. The van der Waals surface area contributed by atoms with Gasteiger partial charge in [0, 0.05) is 13.0 Å². The Labute approximate surface area is 168 Å². The van der Waals surface area contributed by atoms with E-state index in [1.165, 1.54) is 12.1 Å². The molecule has 1 heterocycles. The van der Waals surface area contributed by atoms with Crippen molar-refractivity contribution in [1.82, 2.24) is 15.6 Å². The summed E-state index contributed by atoms with van der Waals surface area (Å²) in [5, 5.41) is 0. The quantitative estimate of drug-likeness (QED) is 0.591. The van der Waals surface area contributed by atoms with Crippen LogP contribution in [0.5, 0.6) is 11.5 Å². The SMILES string of the molecule is Cc1ccc(S(=O)(=O)NCCC(=O)NNC(=O)[C@H]2COc3ccccc3O2)cc1. The maximum Gasteiger partial charge on any atom is 0.283 e. The van der Waals surface area contributed by atoms with Gasteiger partial charge < -0.3 is 9.47 Å². The first kappa shape index (κ1) is 20.6. The topological polar surface area (TPSA) is 123 Å². The van der Waals surface area contributed by atoms with Crippen LogP contribution in [-0.4, -0.2) is 39.5 Å².